The van der Waals surface area contributed by atoms with Crippen LogP contribution in [0.5, 0.6) is 5.88 Å². The molecule has 0 radical (unpaired) electrons. The van der Waals surface area contributed by atoms with Crippen molar-refractivity contribution >= 4 is 11.6 Å². The lowest BCUT2D eigenvalue weighted by molar-refractivity contribution is 0.397. The average molecular weight is 224 g/mol. The zero-order valence-corrected chi connectivity index (χ0v) is 8.98. The zero-order chi connectivity index (χ0) is 10.7. The smallest absolute Gasteiger partial charge is 0.214 e. The normalized spacial score (nSPS) is 10.3. The van der Waals surface area contributed by atoms with Gasteiger partial charge in [-0.15, -0.1) is 11.6 Å². The summed E-state index contributed by atoms with van der Waals surface area (Å²) in [5.74, 6) is 1.73. The fourth-order valence-electron chi connectivity index (χ4n) is 1.20. The second-order valence-corrected chi connectivity index (χ2v) is 3.23. The van der Waals surface area contributed by atoms with Crippen molar-refractivity contribution in [3.8, 4) is 11.7 Å². The predicted molar refractivity (Wildman–Crippen MR) is 57.5 cm³/mol. The van der Waals surface area contributed by atoms with Gasteiger partial charge in [-0.2, -0.15) is 10.1 Å². The molecule has 2 heterocycles. The molecule has 0 spiro atoms. The van der Waals surface area contributed by atoms with Crippen molar-refractivity contribution in [3.63, 3.8) is 0 Å². The highest BCUT2D eigenvalue weighted by molar-refractivity contribution is 6.17. The third kappa shape index (κ3) is 2.10. The monoisotopic (exact) mass is 223 g/mol. The number of hydrogen-bond acceptors (Lipinski definition) is 3. The van der Waals surface area contributed by atoms with Crippen LogP contribution in [-0.2, 0) is 5.88 Å². The Morgan fingerprint density at radius 1 is 1.47 bits per heavy atom. The van der Waals surface area contributed by atoms with Crippen molar-refractivity contribution in [2.24, 2.45) is 0 Å². The highest BCUT2D eigenvalue weighted by Gasteiger charge is 2.02. The Morgan fingerprint density at radius 2 is 2.33 bits per heavy atom. The number of halogens is 1. The van der Waals surface area contributed by atoms with E-state index in [1.54, 1.807) is 24.1 Å². The maximum atomic E-state index is 5.69. The topological polar surface area (TPSA) is 39.9 Å². The number of ether oxygens (including phenoxy) is 1. The molecule has 0 unspecified atom stereocenters. The molecule has 0 saturated heterocycles. The van der Waals surface area contributed by atoms with Gasteiger partial charge in [-0.1, -0.05) is 6.07 Å². The quantitative estimate of drug-likeness (QED) is 0.748. The molecule has 0 N–H and O–H groups in total. The highest BCUT2D eigenvalue weighted by Crippen LogP contribution is 2.11. The van der Waals surface area contributed by atoms with Gasteiger partial charge >= 0.3 is 0 Å². The van der Waals surface area contributed by atoms with E-state index in [1.165, 1.54) is 0 Å². The van der Waals surface area contributed by atoms with Crippen LogP contribution in [0.1, 0.15) is 5.56 Å². The second-order valence-electron chi connectivity index (χ2n) is 2.96. The molecule has 0 atom stereocenters. The molecule has 78 valence electrons. The van der Waals surface area contributed by atoms with Gasteiger partial charge < -0.3 is 4.74 Å². The van der Waals surface area contributed by atoms with Gasteiger partial charge in [0, 0.05) is 17.8 Å². The van der Waals surface area contributed by atoms with Crippen LogP contribution in [0.25, 0.3) is 5.82 Å². The number of pyridine rings is 1. The Labute approximate surface area is 92.5 Å². The number of methoxy groups -OCH3 is 1. The van der Waals surface area contributed by atoms with Crippen LogP contribution in [0.4, 0.5) is 0 Å². The molecule has 0 saturated carbocycles. The number of aromatic nitrogens is 3. The molecule has 15 heavy (non-hydrogen) atoms. The zero-order valence-electron chi connectivity index (χ0n) is 8.22. The van der Waals surface area contributed by atoms with E-state index < -0.39 is 0 Å². The Bertz CT molecular complexity index is 455. The first-order valence-corrected chi connectivity index (χ1v) is 4.98. The van der Waals surface area contributed by atoms with Gasteiger partial charge in [0.15, 0.2) is 5.82 Å². The van der Waals surface area contributed by atoms with Crippen LogP contribution >= 0.6 is 11.6 Å². The lowest BCUT2D eigenvalue weighted by atomic mass is 10.4. The summed E-state index contributed by atoms with van der Waals surface area (Å²) >= 11 is 5.69. The molecule has 0 bridgehead atoms. The van der Waals surface area contributed by atoms with Crippen LogP contribution < -0.4 is 4.74 Å². The van der Waals surface area contributed by atoms with Gasteiger partial charge in [0.05, 0.1) is 19.2 Å². The second kappa shape index (κ2) is 4.31. The lowest BCUT2D eigenvalue weighted by Crippen LogP contribution is -1.98. The fraction of sp³-hybridized carbons (Fsp3) is 0.200. The van der Waals surface area contributed by atoms with Crippen molar-refractivity contribution in [1.29, 1.82) is 0 Å². The molecule has 2 aromatic rings. The van der Waals surface area contributed by atoms with Crippen LogP contribution in [-0.4, -0.2) is 21.9 Å². The summed E-state index contributed by atoms with van der Waals surface area (Å²) in [5, 5.41) is 4.15. The number of rotatable bonds is 3. The Morgan fingerprint density at radius 3 is 3.00 bits per heavy atom. The minimum Gasteiger partial charge on any atom is -0.481 e. The van der Waals surface area contributed by atoms with Gasteiger partial charge in [-0.05, 0) is 6.07 Å². The summed E-state index contributed by atoms with van der Waals surface area (Å²) in [6.45, 7) is 0. The molecule has 4 nitrogen and oxygen atoms in total. The van der Waals surface area contributed by atoms with Crippen LogP contribution in [0.3, 0.4) is 0 Å². The molecule has 2 aromatic heterocycles. The average Bonchev–Trinajstić information content (AvgIpc) is 2.78. The number of alkyl halides is 1. The summed E-state index contributed by atoms with van der Waals surface area (Å²) in [5.41, 5.74) is 0.960. The molecule has 5 heteroatoms. The third-order valence-electron chi connectivity index (χ3n) is 1.94. The molecule has 2 rings (SSSR count). The Hall–Kier alpha value is -1.55. The van der Waals surface area contributed by atoms with E-state index in [0.29, 0.717) is 17.6 Å². The van der Waals surface area contributed by atoms with Crippen molar-refractivity contribution in [1.82, 2.24) is 14.8 Å². The van der Waals surface area contributed by atoms with Gasteiger partial charge in [-0.3, -0.25) is 0 Å². The fourth-order valence-corrected chi connectivity index (χ4v) is 1.34. The third-order valence-corrected chi connectivity index (χ3v) is 2.25. The van der Waals surface area contributed by atoms with E-state index in [2.05, 4.69) is 10.1 Å². The van der Waals surface area contributed by atoms with E-state index in [9.17, 15) is 0 Å². The summed E-state index contributed by atoms with van der Waals surface area (Å²) in [6, 6.07) is 5.51. The molecule has 0 aliphatic heterocycles. The van der Waals surface area contributed by atoms with E-state index in [-0.39, 0.29) is 0 Å². The molecular formula is C10H10ClN3O. The first-order chi connectivity index (χ1) is 7.33. The van der Waals surface area contributed by atoms with Crippen molar-refractivity contribution in [2.75, 3.05) is 7.11 Å². The molecule has 0 fully saturated rings. The van der Waals surface area contributed by atoms with Crippen LogP contribution in [0.2, 0.25) is 0 Å². The van der Waals surface area contributed by atoms with Gasteiger partial charge in [0.1, 0.15) is 0 Å². The van der Waals surface area contributed by atoms with Crippen molar-refractivity contribution < 1.29 is 4.74 Å². The molecule has 0 aliphatic rings. The first kappa shape index (κ1) is 9.98. The lowest BCUT2D eigenvalue weighted by Gasteiger charge is -2.02. The van der Waals surface area contributed by atoms with Gasteiger partial charge in [0.2, 0.25) is 5.88 Å². The highest BCUT2D eigenvalue weighted by atomic mass is 35.5. The summed E-state index contributed by atoms with van der Waals surface area (Å²) in [7, 11) is 1.58. The summed E-state index contributed by atoms with van der Waals surface area (Å²) in [6.07, 6.45) is 3.56. The van der Waals surface area contributed by atoms with Crippen molar-refractivity contribution in [2.45, 2.75) is 5.88 Å². The van der Waals surface area contributed by atoms with Gasteiger partial charge in [0.25, 0.3) is 0 Å². The van der Waals surface area contributed by atoms with Gasteiger partial charge in [-0.25, -0.2) is 4.68 Å². The van der Waals surface area contributed by atoms with E-state index in [1.807, 2.05) is 18.3 Å². The maximum absolute atomic E-state index is 5.69. The van der Waals surface area contributed by atoms with Crippen LogP contribution in [0, 0.1) is 0 Å². The first-order valence-electron chi connectivity index (χ1n) is 4.44. The largest absolute Gasteiger partial charge is 0.481 e. The van der Waals surface area contributed by atoms with Crippen molar-refractivity contribution in [3.05, 3.63) is 36.2 Å². The Balaban J connectivity index is 2.35. The number of nitrogens with zero attached hydrogens (tertiary/aromatic N) is 3. The molecule has 0 aromatic carbocycles. The van der Waals surface area contributed by atoms with E-state index in [4.69, 9.17) is 16.3 Å². The summed E-state index contributed by atoms with van der Waals surface area (Å²) < 4.78 is 6.70. The minimum absolute atomic E-state index is 0.448. The minimum atomic E-state index is 0.448. The molecule has 0 amide bonds. The van der Waals surface area contributed by atoms with E-state index in [0.717, 1.165) is 5.56 Å². The standard InChI is InChI=1S/C10H10ClN3O/c1-15-10-4-2-3-9(13-10)14-7-8(5-11)6-12-14/h2-4,6-7H,5H2,1H3. The molecular weight excluding hydrogens is 214 g/mol. The Kier molecular flexibility index (Phi) is 2.87. The maximum Gasteiger partial charge on any atom is 0.214 e. The van der Waals surface area contributed by atoms with Crippen LogP contribution in [0.15, 0.2) is 30.6 Å². The predicted octanol–water partition coefficient (Wildman–Crippen LogP) is 2.01. The molecule has 0 aliphatic carbocycles. The number of hydrogen-bond donors (Lipinski definition) is 0. The SMILES string of the molecule is COc1cccc(-n2cc(CCl)cn2)n1. The summed E-state index contributed by atoms with van der Waals surface area (Å²) in [4.78, 5) is 4.24. The van der Waals surface area contributed by atoms with E-state index >= 15 is 0 Å².